The SMILES string of the molecule is CC(SCc1ccc([N+](=O)[O-])cc1)C(=O)N(C)C(C)C. The van der Waals surface area contributed by atoms with E-state index in [1.54, 1.807) is 24.1 Å². The minimum atomic E-state index is -0.416. The quantitative estimate of drug-likeness (QED) is 0.598. The summed E-state index contributed by atoms with van der Waals surface area (Å²) in [4.78, 5) is 23.9. The molecule has 5 nitrogen and oxygen atoms in total. The van der Waals surface area contributed by atoms with Crippen molar-refractivity contribution < 1.29 is 9.72 Å². The first-order valence-electron chi connectivity index (χ1n) is 6.44. The highest BCUT2D eigenvalue weighted by Crippen LogP contribution is 2.21. The molecule has 0 bridgehead atoms. The van der Waals surface area contributed by atoms with Gasteiger partial charge in [-0.2, -0.15) is 0 Å². The van der Waals surface area contributed by atoms with E-state index < -0.39 is 4.92 Å². The fourth-order valence-electron chi connectivity index (χ4n) is 1.55. The number of benzene rings is 1. The van der Waals surface area contributed by atoms with Crippen molar-refractivity contribution in [1.82, 2.24) is 4.90 Å². The molecule has 0 aliphatic carbocycles. The lowest BCUT2D eigenvalue weighted by molar-refractivity contribution is -0.384. The zero-order valence-electron chi connectivity index (χ0n) is 12.2. The molecule has 0 saturated heterocycles. The van der Waals surface area contributed by atoms with Gasteiger partial charge in [-0.25, -0.2) is 0 Å². The molecule has 1 rings (SSSR count). The summed E-state index contributed by atoms with van der Waals surface area (Å²) in [5.41, 5.74) is 1.06. The lowest BCUT2D eigenvalue weighted by atomic mass is 10.2. The van der Waals surface area contributed by atoms with Crippen LogP contribution < -0.4 is 0 Å². The molecule has 0 radical (unpaired) electrons. The lowest BCUT2D eigenvalue weighted by Gasteiger charge is -2.24. The number of thioether (sulfide) groups is 1. The van der Waals surface area contributed by atoms with Crippen LogP contribution in [0.1, 0.15) is 26.3 Å². The highest BCUT2D eigenvalue weighted by Gasteiger charge is 2.19. The van der Waals surface area contributed by atoms with E-state index >= 15 is 0 Å². The zero-order chi connectivity index (χ0) is 15.3. The van der Waals surface area contributed by atoms with Gasteiger partial charge in [-0.3, -0.25) is 14.9 Å². The van der Waals surface area contributed by atoms with Gasteiger partial charge >= 0.3 is 0 Å². The van der Waals surface area contributed by atoms with Gasteiger partial charge in [0.25, 0.3) is 5.69 Å². The van der Waals surface area contributed by atoms with Gasteiger partial charge < -0.3 is 4.90 Å². The maximum atomic E-state index is 12.1. The largest absolute Gasteiger partial charge is 0.342 e. The molecule has 0 aliphatic heterocycles. The van der Waals surface area contributed by atoms with Crippen LogP contribution in [0.25, 0.3) is 0 Å². The molecule has 0 aromatic heterocycles. The van der Waals surface area contributed by atoms with E-state index in [9.17, 15) is 14.9 Å². The number of rotatable bonds is 6. The second-order valence-corrected chi connectivity index (χ2v) is 6.25. The summed E-state index contributed by atoms with van der Waals surface area (Å²) in [5, 5.41) is 10.4. The minimum Gasteiger partial charge on any atom is -0.342 e. The van der Waals surface area contributed by atoms with Gasteiger partial charge in [-0.15, -0.1) is 11.8 Å². The summed E-state index contributed by atoms with van der Waals surface area (Å²) in [5.74, 6) is 0.767. The monoisotopic (exact) mass is 296 g/mol. The normalized spacial score (nSPS) is 12.2. The van der Waals surface area contributed by atoms with E-state index in [-0.39, 0.29) is 22.9 Å². The Morgan fingerprint density at radius 3 is 2.30 bits per heavy atom. The molecule has 6 heteroatoms. The summed E-state index contributed by atoms with van der Waals surface area (Å²) in [6.45, 7) is 5.84. The number of carbonyl (C=O) groups excluding carboxylic acids is 1. The summed E-state index contributed by atoms with van der Waals surface area (Å²) < 4.78 is 0. The highest BCUT2D eigenvalue weighted by atomic mass is 32.2. The van der Waals surface area contributed by atoms with Crippen molar-refractivity contribution in [3.63, 3.8) is 0 Å². The van der Waals surface area contributed by atoms with Crippen LogP contribution in [0.15, 0.2) is 24.3 Å². The lowest BCUT2D eigenvalue weighted by Crippen LogP contribution is -2.38. The van der Waals surface area contributed by atoms with Crippen LogP contribution in [0, 0.1) is 10.1 Å². The first kappa shape index (κ1) is 16.5. The second-order valence-electron chi connectivity index (χ2n) is 4.92. The van der Waals surface area contributed by atoms with Gasteiger partial charge in [0.05, 0.1) is 10.2 Å². The van der Waals surface area contributed by atoms with Crippen molar-refractivity contribution in [2.24, 2.45) is 0 Å². The Morgan fingerprint density at radius 1 is 1.30 bits per heavy atom. The summed E-state index contributed by atoms with van der Waals surface area (Å²) in [6, 6.07) is 6.62. The number of nitrogens with zero attached hydrogens (tertiary/aromatic N) is 2. The van der Waals surface area contributed by atoms with Crippen LogP contribution in [0.5, 0.6) is 0 Å². The fraction of sp³-hybridized carbons (Fsp3) is 0.500. The Balaban J connectivity index is 2.54. The van der Waals surface area contributed by atoms with Crippen molar-refractivity contribution in [3.8, 4) is 0 Å². The molecule has 1 aromatic rings. The Hall–Kier alpha value is -1.56. The molecule has 0 N–H and O–H groups in total. The van der Waals surface area contributed by atoms with Crippen LogP contribution in [-0.4, -0.2) is 34.1 Å². The number of carbonyl (C=O) groups is 1. The van der Waals surface area contributed by atoms with E-state index in [4.69, 9.17) is 0 Å². The second kappa shape index (κ2) is 7.28. The average Bonchev–Trinajstić information content (AvgIpc) is 2.43. The maximum Gasteiger partial charge on any atom is 0.269 e. The highest BCUT2D eigenvalue weighted by molar-refractivity contribution is 7.99. The first-order valence-corrected chi connectivity index (χ1v) is 7.49. The predicted molar refractivity (Wildman–Crippen MR) is 81.8 cm³/mol. The van der Waals surface area contributed by atoms with Gasteiger partial charge in [0.15, 0.2) is 0 Å². The molecule has 0 saturated carbocycles. The third kappa shape index (κ3) is 4.52. The Bertz CT molecular complexity index is 474. The van der Waals surface area contributed by atoms with Crippen LogP contribution in [0.3, 0.4) is 0 Å². The van der Waals surface area contributed by atoms with E-state index in [0.29, 0.717) is 5.75 Å². The van der Waals surface area contributed by atoms with Gasteiger partial charge in [-0.1, -0.05) is 12.1 Å². The molecule has 0 fully saturated rings. The standard InChI is InChI=1S/C14H20N2O3S/c1-10(2)15(4)14(17)11(3)20-9-12-5-7-13(8-6-12)16(18)19/h5-8,10-11H,9H2,1-4H3. The van der Waals surface area contributed by atoms with E-state index in [2.05, 4.69) is 0 Å². The van der Waals surface area contributed by atoms with Crippen molar-refractivity contribution in [2.45, 2.75) is 37.8 Å². The third-order valence-electron chi connectivity index (χ3n) is 3.12. The van der Waals surface area contributed by atoms with Crippen LogP contribution in [0.2, 0.25) is 0 Å². The molecular formula is C14H20N2O3S. The molecule has 110 valence electrons. The molecule has 1 atom stereocenters. The number of amides is 1. The van der Waals surface area contributed by atoms with Crippen LogP contribution in [0.4, 0.5) is 5.69 Å². The fourth-order valence-corrected chi connectivity index (χ4v) is 2.49. The van der Waals surface area contributed by atoms with Crippen molar-refractivity contribution >= 4 is 23.4 Å². The Morgan fingerprint density at radius 2 is 1.85 bits per heavy atom. The van der Waals surface area contributed by atoms with Gasteiger partial charge in [0.2, 0.25) is 5.91 Å². The van der Waals surface area contributed by atoms with Crippen LogP contribution >= 0.6 is 11.8 Å². The van der Waals surface area contributed by atoms with Gasteiger partial charge in [0.1, 0.15) is 0 Å². The van der Waals surface area contributed by atoms with Gasteiger partial charge in [0, 0.05) is 31.0 Å². The molecule has 0 aliphatic rings. The van der Waals surface area contributed by atoms with Gasteiger partial charge in [-0.05, 0) is 26.3 Å². The summed E-state index contributed by atoms with van der Waals surface area (Å²) in [7, 11) is 1.80. The molecule has 20 heavy (non-hydrogen) atoms. The smallest absolute Gasteiger partial charge is 0.269 e. The number of non-ortho nitro benzene ring substituents is 1. The van der Waals surface area contributed by atoms with E-state index in [0.717, 1.165) is 5.56 Å². The minimum absolute atomic E-state index is 0.0856. The summed E-state index contributed by atoms with van der Waals surface area (Å²) >= 11 is 1.54. The number of nitro groups is 1. The molecule has 0 spiro atoms. The number of hydrogen-bond donors (Lipinski definition) is 0. The summed E-state index contributed by atoms with van der Waals surface area (Å²) in [6.07, 6.45) is 0. The topological polar surface area (TPSA) is 63.5 Å². The van der Waals surface area contributed by atoms with Crippen molar-refractivity contribution in [1.29, 1.82) is 0 Å². The van der Waals surface area contributed by atoms with E-state index in [1.165, 1.54) is 23.9 Å². The molecule has 1 aromatic carbocycles. The third-order valence-corrected chi connectivity index (χ3v) is 4.32. The number of nitro benzene ring substituents is 1. The maximum absolute atomic E-state index is 12.1. The van der Waals surface area contributed by atoms with E-state index in [1.807, 2.05) is 20.8 Å². The predicted octanol–water partition coefficient (Wildman–Crippen LogP) is 3.08. The van der Waals surface area contributed by atoms with Crippen molar-refractivity contribution in [3.05, 3.63) is 39.9 Å². The zero-order valence-corrected chi connectivity index (χ0v) is 13.0. The molecule has 1 unspecified atom stereocenters. The van der Waals surface area contributed by atoms with Crippen LogP contribution in [-0.2, 0) is 10.5 Å². The average molecular weight is 296 g/mol. The Kier molecular flexibility index (Phi) is 6.01. The number of hydrogen-bond acceptors (Lipinski definition) is 4. The molecule has 0 heterocycles. The first-order chi connectivity index (χ1) is 9.32. The molecular weight excluding hydrogens is 276 g/mol. The Labute approximate surface area is 123 Å². The van der Waals surface area contributed by atoms with Crippen molar-refractivity contribution in [2.75, 3.05) is 7.05 Å². The molecule has 1 amide bonds.